The normalized spacial score (nSPS) is 12.3. The Morgan fingerprint density at radius 1 is 1.53 bits per heavy atom. The van der Waals surface area contributed by atoms with E-state index < -0.39 is 23.1 Å². The van der Waals surface area contributed by atoms with Crippen LogP contribution in [0.1, 0.15) is 9.75 Å². The van der Waals surface area contributed by atoms with E-state index in [1.165, 1.54) is 17.4 Å². The van der Waals surface area contributed by atoms with Gasteiger partial charge in [-0.05, 0) is 13.0 Å². The highest BCUT2D eigenvalue weighted by Gasteiger charge is 2.19. The largest absolute Gasteiger partial charge is 0.374 e. The van der Waals surface area contributed by atoms with Crippen LogP contribution in [0.15, 0.2) is 11.0 Å². The molecule has 19 heavy (non-hydrogen) atoms. The number of aryl methyl sites for hydroxylation is 1. The number of hydrogen-bond acceptors (Lipinski definition) is 5. The van der Waals surface area contributed by atoms with Crippen molar-refractivity contribution in [3.05, 3.63) is 15.8 Å². The van der Waals surface area contributed by atoms with Crippen LogP contribution in [0.25, 0.3) is 0 Å². The molecule has 110 valence electrons. The Labute approximate surface area is 114 Å². The molecule has 0 aliphatic rings. The van der Waals surface area contributed by atoms with Crippen LogP contribution in [-0.4, -0.2) is 34.6 Å². The molecule has 0 spiro atoms. The molecule has 0 atom stereocenters. The summed E-state index contributed by atoms with van der Waals surface area (Å²) in [6.45, 7) is 1.11. The summed E-state index contributed by atoms with van der Waals surface area (Å²) in [4.78, 5) is 1.58. The van der Waals surface area contributed by atoms with Crippen LogP contribution in [0, 0.1) is 6.92 Å². The second-order valence-corrected chi connectivity index (χ2v) is 6.78. The predicted octanol–water partition coefficient (Wildman–Crippen LogP) is 1.08. The Balaban J connectivity index is 2.53. The van der Waals surface area contributed by atoms with Gasteiger partial charge >= 0.3 is 0 Å². The first-order chi connectivity index (χ1) is 8.86. The van der Waals surface area contributed by atoms with E-state index >= 15 is 0 Å². The molecule has 1 aromatic rings. The third-order valence-corrected chi connectivity index (χ3v) is 4.99. The average Bonchev–Trinajstić information content (AvgIpc) is 2.70. The van der Waals surface area contributed by atoms with Crippen molar-refractivity contribution in [1.82, 2.24) is 4.72 Å². The molecule has 0 amide bonds. The number of halogens is 2. The number of nitrogens with two attached hydrogens (primary N) is 1. The van der Waals surface area contributed by atoms with Crippen molar-refractivity contribution in [2.75, 3.05) is 19.8 Å². The molecule has 0 radical (unpaired) electrons. The highest BCUT2D eigenvalue weighted by atomic mass is 32.2. The number of rotatable bonds is 8. The van der Waals surface area contributed by atoms with E-state index in [-0.39, 0.29) is 24.6 Å². The summed E-state index contributed by atoms with van der Waals surface area (Å²) >= 11 is 1.31. The van der Waals surface area contributed by atoms with E-state index in [2.05, 4.69) is 9.46 Å². The Morgan fingerprint density at radius 2 is 2.21 bits per heavy atom. The fourth-order valence-corrected chi connectivity index (χ4v) is 3.92. The van der Waals surface area contributed by atoms with Crippen LogP contribution < -0.4 is 10.5 Å². The minimum Gasteiger partial charge on any atom is -0.374 e. The number of hydrogen-bond donors (Lipinski definition) is 2. The molecule has 0 aliphatic carbocycles. The maximum absolute atomic E-state index is 11.9. The second-order valence-electron chi connectivity index (χ2n) is 3.70. The maximum atomic E-state index is 11.9. The third kappa shape index (κ3) is 5.11. The summed E-state index contributed by atoms with van der Waals surface area (Å²) in [5, 5.41) is 0. The number of alkyl halides is 2. The molecule has 0 saturated carbocycles. The Kier molecular flexibility index (Phi) is 6.27. The fourth-order valence-electron chi connectivity index (χ4n) is 1.39. The van der Waals surface area contributed by atoms with Gasteiger partial charge in [-0.25, -0.2) is 21.9 Å². The molecule has 0 aromatic carbocycles. The number of thiophene rings is 1. The van der Waals surface area contributed by atoms with E-state index in [1.807, 2.05) is 0 Å². The standard InChI is InChI=1S/C10H16F2N2O3S2/c1-7-9(4-8(5-13)18-7)19(15,16)14-2-3-17-6-10(11)12/h4,10,14H,2-3,5-6,13H2,1H3. The molecule has 0 bridgehead atoms. The molecular formula is C10H16F2N2O3S2. The van der Waals surface area contributed by atoms with E-state index in [0.717, 1.165) is 4.88 Å². The second kappa shape index (κ2) is 7.25. The van der Waals surface area contributed by atoms with Crippen molar-refractivity contribution >= 4 is 21.4 Å². The molecule has 5 nitrogen and oxygen atoms in total. The Hall–Kier alpha value is -0.610. The van der Waals surface area contributed by atoms with Gasteiger partial charge in [0.2, 0.25) is 10.0 Å². The first-order valence-electron chi connectivity index (χ1n) is 5.51. The summed E-state index contributed by atoms with van der Waals surface area (Å²) in [6, 6.07) is 1.52. The number of ether oxygens (including phenoxy) is 1. The molecule has 0 aliphatic heterocycles. The number of sulfonamides is 1. The minimum atomic E-state index is -3.64. The van der Waals surface area contributed by atoms with Gasteiger partial charge in [-0.2, -0.15) is 0 Å². The lowest BCUT2D eigenvalue weighted by molar-refractivity contribution is 0.0199. The first-order valence-corrected chi connectivity index (χ1v) is 7.81. The van der Waals surface area contributed by atoms with Crippen LogP contribution in [0.3, 0.4) is 0 Å². The van der Waals surface area contributed by atoms with Gasteiger partial charge in [0, 0.05) is 22.8 Å². The highest BCUT2D eigenvalue weighted by Crippen LogP contribution is 2.25. The van der Waals surface area contributed by atoms with Gasteiger partial charge in [-0.15, -0.1) is 11.3 Å². The van der Waals surface area contributed by atoms with Crippen LogP contribution >= 0.6 is 11.3 Å². The van der Waals surface area contributed by atoms with Crippen LogP contribution in [0.2, 0.25) is 0 Å². The fraction of sp³-hybridized carbons (Fsp3) is 0.600. The quantitative estimate of drug-likeness (QED) is 0.703. The van der Waals surface area contributed by atoms with E-state index in [4.69, 9.17) is 5.73 Å². The van der Waals surface area contributed by atoms with Gasteiger partial charge in [-0.1, -0.05) is 0 Å². The van der Waals surface area contributed by atoms with E-state index in [1.54, 1.807) is 6.92 Å². The van der Waals surface area contributed by atoms with Crippen molar-refractivity contribution in [2.24, 2.45) is 5.73 Å². The van der Waals surface area contributed by atoms with Crippen LogP contribution in [-0.2, 0) is 21.3 Å². The molecule has 0 fully saturated rings. The van der Waals surface area contributed by atoms with Crippen LogP contribution in [0.4, 0.5) is 8.78 Å². The Bertz CT molecular complexity index is 503. The van der Waals surface area contributed by atoms with Crippen molar-refractivity contribution in [1.29, 1.82) is 0 Å². The Morgan fingerprint density at radius 3 is 2.74 bits per heavy atom. The smallest absolute Gasteiger partial charge is 0.261 e. The van der Waals surface area contributed by atoms with Gasteiger partial charge in [0.05, 0.1) is 11.5 Å². The van der Waals surface area contributed by atoms with Crippen molar-refractivity contribution < 1.29 is 21.9 Å². The SMILES string of the molecule is Cc1sc(CN)cc1S(=O)(=O)NCCOCC(F)F. The average molecular weight is 314 g/mol. The molecule has 1 aromatic heterocycles. The lowest BCUT2D eigenvalue weighted by Gasteiger charge is -2.06. The van der Waals surface area contributed by atoms with Gasteiger partial charge in [0.15, 0.2) is 0 Å². The minimum absolute atomic E-state index is 0.0533. The lowest BCUT2D eigenvalue weighted by atomic mass is 10.4. The predicted molar refractivity (Wildman–Crippen MR) is 69.0 cm³/mol. The monoisotopic (exact) mass is 314 g/mol. The molecule has 3 N–H and O–H groups in total. The molecule has 1 rings (SSSR count). The molecule has 0 saturated heterocycles. The zero-order valence-corrected chi connectivity index (χ0v) is 12.0. The van der Waals surface area contributed by atoms with Crippen molar-refractivity contribution in [2.45, 2.75) is 24.8 Å². The molecular weight excluding hydrogens is 298 g/mol. The topological polar surface area (TPSA) is 81.4 Å². The van der Waals surface area contributed by atoms with Gasteiger partial charge in [0.25, 0.3) is 6.43 Å². The highest BCUT2D eigenvalue weighted by molar-refractivity contribution is 7.89. The van der Waals surface area contributed by atoms with Gasteiger partial charge in [-0.3, -0.25) is 0 Å². The molecule has 1 heterocycles. The zero-order chi connectivity index (χ0) is 14.5. The van der Waals surface area contributed by atoms with E-state index in [9.17, 15) is 17.2 Å². The van der Waals surface area contributed by atoms with E-state index in [0.29, 0.717) is 4.88 Å². The summed E-state index contributed by atoms with van der Waals surface area (Å²) in [5.74, 6) is 0. The maximum Gasteiger partial charge on any atom is 0.261 e. The summed E-state index contributed by atoms with van der Waals surface area (Å²) in [7, 11) is -3.64. The lowest BCUT2D eigenvalue weighted by Crippen LogP contribution is -2.28. The molecule has 9 heteroatoms. The third-order valence-electron chi connectivity index (χ3n) is 2.20. The van der Waals surface area contributed by atoms with Crippen molar-refractivity contribution in [3.8, 4) is 0 Å². The van der Waals surface area contributed by atoms with Gasteiger partial charge in [0.1, 0.15) is 6.61 Å². The summed E-state index contributed by atoms with van der Waals surface area (Å²) in [5.41, 5.74) is 5.45. The summed E-state index contributed by atoms with van der Waals surface area (Å²) < 4.78 is 54.3. The summed E-state index contributed by atoms with van der Waals surface area (Å²) in [6.07, 6.45) is -2.55. The van der Waals surface area contributed by atoms with Crippen molar-refractivity contribution in [3.63, 3.8) is 0 Å². The number of nitrogens with one attached hydrogen (secondary N) is 1. The van der Waals surface area contributed by atoms with Crippen LogP contribution in [0.5, 0.6) is 0 Å². The zero-order valence-electron chi connectivity index (χ0n) is 10.4. The first kappa shape index (κ1) is 16.4. The van der Waals surface area contributed by atoms with Gasteiger partial charge < -0.3 is 10.5 Å². The molecule has 0 unspecified atom stereocenters.